The number of nitrogens with one attached hydrogen (secondary N) is 1. The molecule has 0 saturated carbocycles. The Kier molecular flexibility index (Phi) is 8.25. The molecule has 1 saturated heterocycles. The molecular weight excluding hydrogens is 518 g/mol. The normalized spacial score (nSPS) is 14.7. The van der Waals surface area contributed by atoms with Crippen LogP contribution in [-0.4, -0.2) is 62.4 Å². The summed E-state index contributed by atoms with van der Waals surface area (Å²) in [6, 6.07) is 5.47. The molecule has 0 unspecified atom stereocenters. The molecule has 1 N–H and O–H groups in total. The molecule has 12 heteroatoms. The molecule has 3 aromatic rings. The zero-order valence-corrected chi connectivity index (χ0v) is 23.2. The largest absolute Gasteiger partial charge is 0.515 e. The van der Waals surface area contributed by atoms with Crippen molar-refractivity contribution in [2.24, 2.45) is 0 Å². The molecule has 200 valence electrons. The van der Waals surface area contributed by atoms with Crippen LogP contribution in [0.2, 0.25) is 4.34 Å². The molecular formula is C25H32ClN5O5S. The summed E-state index contributed by atoms with van der Waals surface area (Å²) < 4.78 is 18.4. The zero-order chi connectivity index (χ0) is 26.7. The summed E-state index contributed by atoms with van der Waals surface area (Å²) in [4.78, 5) is 33.2. The van der Waals surface area contributed by atoms with Crippen molar-refractivity contribution < 1.29 is 23.6 Å². The second-order valence-electron chi connectivity index (χ2n) is 10.2. The Morgan fingerprint density at radius 1 is 1.30 bits per heavy atom. The molecule has 0 spiro atoms. The Morgan fingerprint density at radius 2 is 2.03 bits per heavy atom. The van der Waals surface area contributed by atoms with Crippen molar-refractivity contribution in [3.63, 3.8) is 0 Å². The van der Waals surface area contributed by atoms with E-state index in [-0.39, 0.29) is 36.2 Å². The molecule has 0 atom stereocenters. The molecule has 0 bridgehead atoms. The van der Waals surface area contributed by atoms with Gasteiger partial charge in [0.05, 0.1) is 22.0 Å². The van der Waals surface area contributed by atoms with Gasteiger partial charge in [0.15, 0.2) is 5.76 Å². The van der Waals surface area contributed by atoms with Crippen molar-refractivity contribution in [1.82, 2.24) is 24.9 Å². The fourth-order valence-electron chi connectivity index (χ4n) is 4.23. The highest BCUT2D eigenvalue weighted by Gasteiger charge is 2.32. The number of rotatable bonds is 7. The van der Waals surface area contributed by atoms with E-state index in [2.05, 4.69) is 15.5 Å². The highest BCUT2D eigenvalue weighted by molar-refractivity contribution is 7.19. The molecule has 4 heterocycles. The van der Waals surface area contributed by atoms with Crippen molar-refractivity contribution >= 4 is 35.0 Å². The summed E-state index contributed by atoms with van der Waals surface area (Å²) in [7, 11) is 0. The van der Waals surface area contributed by atoms with Gasteiger partial charge in [0.2, 0.25) is 11.7 Å². The fraction of sp³-hybridized carbons (Fsp3) is 0.520. The van der Waals surface area contributed by atoms with Gasteiger partial charge in [0.25, 0.3) is 5.91 Å². The number of nitrogens with zero attached hydrogens (tertiary/aromatic N) is 4. The van der Waals surface area contributed by atoms with Gasteiger partial charge in [-0.1, -0.05) is 16.8 Å². The number of carbonyl (C=O) groups is 2. The van der Waals surface area contributed by atoms with Crippen LogP contribution in [0.4, 0.5) is 4.79 Å². The van der Waals surface area contributed by atoms with Crippen LogP contribution in [0.15, 0.2) is 28.9 Å². The average Bonchev–Trinajstić information content (AvgIpc) is 3.53. The van der Waals surface area contributed by atoms with Crippen LogP contribution < -0.4 is 10.1 Å². The fourth-order valence-corrected chi connectivity index (χ4v) is 5.23. The van der Waals surface area contributed by atoms with Crippen molar-refractivity contribution in [2.75, 3.05) is 13.1 Å². The van der Waals surface area contributed by atoms with Crippen LogP contribution in [0.25, 0.3) is 10.6 Å². The quantitative estimate of drug-likeness (QED) is 0.399. The average molecular weight is 550 g/mol. The van der Waals surface area contributed by atoms with Crippen molar-refractivity contribution in [3.8, 4) is 16.5 Å². The van der Waals surface area contributed by atoms with Crippen molar-refractivity contribution in [3.05, 3.63) is 40.3 Å². The number of piperidine rings is 1. The van der Waals surface area contributed by atoms with E-state index in [9.17, 15) is 9.59 Å². The van der Waals surface area contributed by atoms with E-state index in [0.717, 1.165) is 30.8 Å². The highest BCUT2D eigenvalue weighted by Crippen LogP contribution is 2.31. The number of hydrogen-bond donors (Lipinski definition) is 1. The van der Waals surface area contributed by atoms with Gasteiger partial charge < -0.3 is 28.8 Å². The molecule has 1 fully saturated rings. The summed E-state index contributed by atoms with van der Waals surface area (Å²) in [5.74, 6) is 0.452. The molecule has 1 aliphatic heterocycles. The SMILES string of the molecule is CC(C)N(C(=O)c1nc(OC(=O)OC(C)(C)C)cn1Cc1cc(-c2ccc(Cl)s2)on1)C1CCNCC1. The van der Waals surface area contributed by atoms with Gasteiger partial charge in [-0.3, -0.25) is 4.79 Å². The van der Waals surface area contributed by atoms with E-state index in [0.29, 0.717) is 15.8 Å². The van der Waals surface area contributed by atoms with Gasteiger partial charge >= 0.3 is 6.16 Å². The molecule has 1 amide bonds. The van der Waals surface area contributed by atoms with Crippen molar-refractivity contribution in [1.29, 1.82) is 0 Å². The minimum absolute atomic E-state index is 0.0274. The van der Waals surface area contributed by atoms with E-state index >= 15 is 0 Å². The number of thiophene rings is 1. The maximum atomic E-state index is 13.8. The lowest BCUT2D eigenvalue weighted by Crippen LogP contribution is -2.50. The van der Waals surface area contributed by atoms with Gasteiger partial charge in [-0.25, -0.2) is 4.79 Å². The standard InChI is InChI=1S/C25H32ClN5O5S/c1-15(2)31(17-8-10-27-11-9-17)23(32)22-28-21(34-24(33)35-25(3,4)5)14-30(22)13-16-12-18(36-29-16)19-6-7-20(26)37-19/h6-7,12,14-15,17,27H,8-11,13H2,1-5H3. The summed E-state index contributed by atoms with van der Waals surface area (Å²) in [6.45, 7) is 11.1. The third kappa shape index (κ3) is 6.91. The number of halogens is 1. The Hall–Kier alpha value is -2.89. The predicted molar refractivity (Wildman–Crippen MR) is 140 cm³/mol. The molecule has 3 aromatic heterocycles. The highest BCUT2D eigenvalue weighted by atomic mass is 35.5. The topological polar surface area (TPSA) is 112 Å². The lowest BCUT2D eigenvalue weighted by molar-refractivity contribution is 0.0196. The van der Waals surface area contributed by atoms with Crippen LogP contribution in [-0.2, 0) is 11.3 Å². The van der Waals surface area contributed by atoms with Crippen LogP contribution in [0, 0.1) is 0 Å². The zero-order valence-electron chi connectivity index (χ0n) is 21.6. The van der Waals surface area contributed by atoms with Crippen LogP contribution in [0.5, 0.6) is 5.88 Å². The predicted octanol–water partition coefficient (Wildman–Crippen LogP) is 5.22. The number of carbonyl (C=O) groups excluding carboxylic acids is 2. The second kappa shape index (κ2) is 11.2. The van der Waals surface area contributed by atoms with Gasteiger partial charge in [0.1, 0.15) is 11.3 Å². The molecule has 1 aliphatic rings. The Labute approximate surface area is 224 Å². The number of imidazole rings is 1. The molecule has 0 radical (unpaired) electrons. The van der Waals surface area contributed by atoms with Crippen LogP contribution in [0.3, 0.4) is 0 Å². The van der Waals surface area contributed by atoms with Gasteiger partial charge in [-0.05, 0) is 72.7 Å². The first-order valence-corrected chi connectivity index (χ1v) is 13.4. The molecule has 10 nitrogen and oxygen atoms in total. The van der Waals surface area contributed by atoms with E-state index in [1.807, 2.05) is 24.8 Å². The van der Waals surface area contributed by atoms with Gasteiger partial charge in [-0.15, -0.1) is 11.3 Å². The maximum Gasteiger partial charge on any atom is 0.515 e. The lowest BCUT2D eigenvalue weighted by Gasteiger charge is -2.37. The molecule has 4 rings (SSSR count). The maximum absolute atomic E-state index is 13.8. The van der Waals surface area contributed by atoms with Crippen molar-refractivity contribution in [2.45, 2.75) is 71.7 Å². The Morgan fingerprint density at radius 3 is 2.65 bits per heavy atom. The van der Waals surface area contributed by atoms with Crippen LogP contribution >= 0.6 is 22.9 Å². The first-order chi connectivity index (χ1) is 17.5. The Bertz CT molecular complexity index is 1240. The molecule has 0 aliphatic carbocycles. The smallest absolute Gasteiger partial charge is 0.428 e. The van der Waals surface area contributed by atoms with E-state index in [4.69, 9.17) is 25.6 Å². The third-order valence-electron chi connectivity index (χ3n) is 5.72. The minimum Gasteiger partial charge on any atom is -0.428 e. The Balaban J connectivity index is 1.63. The number of amides is 1. The number of ether oxygens (including phenoxy) is 2. The second-order valence-corrected chi connectivity index (χ2v) is 11.9. The van der Waals surface area contributed by atoms with Gasteiger partial charge in [0, 0.05) is 18.2 Å². The van der Waals surface area contributed by atoms with E-state index in [1.54, 1.807) is 37.5 Å². The lowest BCUT2D eigenvalue weighted by atomic mass is 10.0. The van der Waals surface area contributed by atoms with Crippen LogP contribution in [0.1, 0.15) is 63.8 Å². The summed E-state index contributed by atoms with van der Waals surface area (Å²) in [6.07, 6.45) is 2.31. The van der Waals surface area contributed by atoms with E-state index in [1.165, 1.54) is 17.5 Å². The first kappa shape index (κ1) is 27.2. The summed E-state index contributed by atoms with van der Waals surface area (Å²) in [5.41, 5.74) is -0.156. The third-order valence-corrected chi connectivity index (χ3v) is 6.97. The molecule has 37 heavy (non-hydrogen) atoms. The monoisotopic (exact) mass is 549 g/mol. The molecule has 0 aromatic carbocycles. The van der Waals surface area contributed by atoms with Gasteiger partial charge in [-0.2, -0.15) is 4.98 Å². The van der Waals surface area contributed by atoms with E-state index < -0.39 is 11.8 Å². The minimum atomic E-state index is -0.895. The number of hydrogen-bond acceptors (Lipinski definition) is 9. The summed E-state index contributed by atoms with van der Waals surface area (Å²) in [5, 5.41) is 7.50. The number of aromatic nitrogens is 3. The first-order valence-electron chi connectivity index (χ1n) is 12.2. The summed E-state index contributed by atoms with van der Waals surface area (Å²) >= 11 is 7.43.